The number of rotatable bonds is 0. The van der Waals surface area contributed by atoms with E-state index in [9.17, 15) is 0 Å². The van der Waals surface area contributed by atoms with E-state index >= 15 is 0 Å². The molecular formula is C11H17N. The fraction of sp³-hybridized carbons (Fsp3) is 0.727. The van der Waals surface area contributed by atoms with E-state index in [-0.39, 0.29) is 0 Å². The first-order valence-corrected chi connectivity index (χ1v) is 4.90. The lowest BCUT2D eigenvalue weighted by molar-refractivity contribution is 0.154. The van der Waals surface area contributed by atoms with Gasteiger partial charge in [0, 0.05) is 12.1 Å². The molecule has 1 heteroatoms. The van der Waals surface area contributed by atoms with Crippen molar-refractivity contribution in [2.45, 2.75) is 39.2 Å². The first-order chi connectivity index (χ1) is 5.70. The van der Waals surface area contributed by atoms with Crippen LogP contribution in [0.1, 0.15) is 33.1 Å². The zero-order valence-electron chi connectivity index (χ0n) is 7.96. The predicted molar refractivity (Wildman–Crippen MR) is 52.5 cm³/mol. The summed E-state index contributed by atoms with van der Waals surface area (Å²) in [5.41, 5.74) is 0.469. The molecule has 2 unspecified atom stereocenters. The van der Waals surface area contributed by atoms with E-state index in [1.165, 1.54) is 19.3 Å². The molecule has 2 aliphatic rings. The summed E-state index contributed by atoms with van der Waals surface area (Å²) in [6.07, 6.45) is 10.4. The highest BCUT2D eigenvalue weighted by atomic mass is 14.8. The third kappa shape index (κ3) is 1.21. The smallest absolute Gasteiger partial charge is 0.0567 e. The molecule has 0 saturated heterocycles. The molecule has 1 fully saturated rings. The second kappa shape index (κ2) is 2.72. The highest BCUT2D eigenvalue weighted by molar-refractivity contribution is 5.72. The van der Waals surface area contributed by atoms with Gasteiger partial charge in [-0.1, -0.05) is 26.3 Å². The molecule has 0 aromatic carbocycles. The first-order valence-electron chi connectivity index (χ1n) is 4.90. The Hall–Kier alpha value is -0.590. The van der Waals surface area contributed by atoms with Crippen LogP contribution in [0.3, 0.4) is 0 Å². The van der Waals surface area contributed by atoms with E-state index in [0.717, 1.165) is 0 Å². The van der Waals surface area contributed by atoms with Crippen LogP contribution in [0.2, 0.25) is 0 Å². The van der Waals surface area contributed by atoms with E-state index < -0.39 is 0 Å². The van der Waals surface area contributed by atoms with Gasteiger partial charge in [-0.05, 0) is 24.3 Å². The average molecular weight is 163 g/mol. The fourth-order valence-electron chi connectivity index (χ4n) is 2.52. The highest BCUT2D eigenvalue weighted by Crippen LogP contribution is 2.43. The third-order valence-electron chi connectivity index (χ3n) is 3.32. The summed E-state index contributed by atoms with van der Waals surface area (Å²) < 4.78 is 0. The summed E-state index contributed by atoms with van der Waals surface area (Å²) in [7, 11) is 0. The zero-order valence-corrected chi connectivity index (χ0v) is 7.96. The zero-order chi connectivity index (χ0) is 8.60. The predicted octanol–water partition coefficient (Wildman–Crippen LogP) is 2.82. The number of hydrogen-bond acceptors (Lipinski definition) is 1. The summed E-state index contributed by atoms with van der Waals surface area (Å²) in [5.74, 6) is 0.691. The Labute approximate surface area is 74.6 Å². The second-order valence-corrected chi connectivity index (χ2v) is 4.66. The van der Waals surface area contributed by atoms with Gasteiger partial charge in [0.1, 0.15) is 0 Å². The quantitative estimate of drug-likeness (QED) is 0.520. The molecule has 2 atom stereocenters. The number of nitrogens with zero attached hydrogens (tertiary/aromatic N) is 1. The van der Waals surface area contributed by atoms with Gasteiger partial charge in [0.2, 0.25) is 0 Å². The van der Waals surface area contributed by atoms with Crippen LogP contribution < -0.4 is 0 Å². The van der Waals surface area contributed by atoms with Crippen LogP contribution in [0.25, 0.3) is 0 Å². The van der Waals surface area contributed by atoms with Gasteiger partial charge in [0.25, 0.3) is 0 Å². The third-order valence-corrected chi connectivity index (χ3v) is 3.32. The van der Waals surface area contributed by atoms with Gasteiger partial charge in [-0.3, -0.25) is 4.99 Å². The molecule has 66 valence electrons. The Kier molecular flexibility index (Phi) is 1.82. The van der Waals surface area contributed by atoms with Gasteiger partial charge in [-0.15, -0.1) is 0 Å². The fourth-order valence-corrected chi connectivity index (χ4v) is 2.52. The minimum atomic E-state index is 0.469. The maximum atomic E-state index is 4.54. The van der Waals surface area contributed by atoms with Crippen molar-refractivity contribution in [3.8, 4) is 0 Å². The molecule has 0 bridgehead atoms. The Balaban J connectivity index is 2.23. The second-order valence-electron chi connectivity index (χ2n) is 4.66. The molecular weight excluding hydrogens is 146 g/mol. The van der Waals surface area contributed by atoms with Crippen molar-refractivity contribution < 1.29 is 0 Å². The summed E-state index contributed by atoms with van der Waals surface area (Å²) in [6.45, 7) is 4.74. The van der Waals surface area contributed by atoms with Gasteiger partial charge < -0.3 is 0 Å². The standard InChI is InChI=1S/C11H17N/c1-11(2)7-3-6-10-9(11)5-4-8-12-10/h4-5,8-10H,3,6-7H2,1-2H3. The van der Waals surface area contributed by atoms with E-state index in [4.69, 9.17) is 0 Å². The first kappa shape index (κ1) is 8.03. The van der Waals surface area contributed by atoms with E-state index in [1.54, 1.807) is 0 Å². The molecule has 0 radical (unpaired) electrons. The molecule has 1 aliphatic carbocycles. The molecule has 0 spiro atoms. The van der Waals surface area contributed by atoms with Crippen molar-refractivity contribution in [1.82, 2.24) is 0 Å². The summed E-state index contributed by atoms with van der Waals surface area (Å²) >= 11 is 0. The number of fused-ring (bicyclic) bond motifs is 1. The average Bonchev–Trinajstić information content (AvgIpc) is 2.04. The van der Waals surface area contributed by atoms with Crippen molar-refractivity contribution in [3.63, 3.8) is 0 Å². The molecule has 0 aromatic rings. The van der Waals surface area contributed by atoms with E-state index in [0.29, 0.717) is 17.4 Å². The van der Waals surface area contributed by atoms with Gasteiger partial charge in [0.15, 0.2) is 0 Å². The lowest BCUT2D eigenvalue weighted by atomic mass is 9.66. The Morgan fingerprint density at radius 3 is 3.00 bits per heavy atom. The molecule has 1 nitrogen and oxygen atoms in total. The summed E-state index contributed by atoms with van der Waals surface area (Å²) in [4.78, 5) is 4.54. The minimum absolute atomic E-state index is 0.469. The lowest BCUT2D eigenvalue weighted by Crippen LogP contribution is -2.37. The molecule has 1 aliphatic heterocycles. The number of dihydropyridines is 1. The van der Waals surface area contributed by atoms with E-state index in [2.05, 4.69) is 31.0 Å². The molecule has 2 rings (SSSR count). The Morgan fingerprint density at radius 2 is 2.25 bits per heavy atom. The van der Waals surface area contributed by atoms with Gasteiger partial charge in [0.05, 0.1) is 6.04 Å². The van der Waals surface area contributed by atoms with Crippen LogP contribution in [0.4, 0.5) is 0 Å². The molecule has 1 heterocycles. The number of allylic oxidation sites excluding steroid dienone is 1. The number of hydrogen-bond donors (Lipinski definition) is 0. The lowest BCUT2D eigenvalue weighted by Gasteiger charge is -2.41. The van der Waals surface area contributed by atoms with Crippen molar-refractivity contribution in [3.05, 3.63) is 12.2 Å². The van der Waals surface area contributed by atoms with Gasteiger partial charge in [-0.2, -0.15) is 0 Å². The van der Waals surface area contributed by atoms with E-state index in [1.807, 2.05) is 6.21 Å². The Morgan fingerprint density at radius 1 is 1.42 bits per heavy atom. The van der Waals surface area contributed by atoms with Crippen molar-refractivity contribution >= 4 is 6.21 Å². The van der Waals surface area contributed by atoms with Crippen LogP contribution in [0.5, 0.6) is 0 Å². The summed E-state index contributed by atoms with van der Waals surface area (Å²) in [5, 5.41) is 0. The van der Waals surface area contributed by atoms with Crippen LogP contribution >= 0.6 is 0 Å². The summed E-state index contributed by atoms with van der Waals surface area (Å²) in [6, 6.07) is 0.582. The van der Waals surface area contributed by atoms with Crippen LogP contribution in [-0.4, -0.2) is 12.3 Å². The van der Waals surface area contributed by atoms with Crippen molar-refractivity contribution in [2.75, 3.05) is 0 Å². The van der Waals surface area contributed by atoms with Crippen LogP contribution in [0.15, 0.2) is 17.1 Å². The normalized spacial score (nSPS) is 37.8. The van der Waals surface area contributed by atoms with Crippen molar-refractivity contribution in [2.24, 2.45) is 16.3 Å². The molecule has 1 saturated carbocycles. The Bertz CT molecular complexity index is 225. The van der Waals surface area contributed by atoms with Crippen molar-refractivity contribution in [1.29, 1.82) is 0 Å². The molecule has 0 aromatic heterocycles. The monoisotopic (exact) mass is 163 g/mol. The van der Waals surface area contributed by atoms with Crippen LogP contribution in [0, 0.1) is 11.3 Å². The highest BCUT2D eigenvalue weighted by Gasteiger charge is 2.37. The minimum Gasteiger partial charge on any atom is -0.289 e. The van der Waals surface area contributed by atoms with Crippen LogP contribution in [-0.2, 0) is 0 Å². The molecule has 12 heavy (non-hydrogen) atoms. The van der Waals surface area contributed by atoms with Gasteiger partial charge >= 0.3 is 0 Å². The van der Waals surface area contributed by atoms with Gasteiger partial charge in [-0.25, -0.2) is 0 Å². The largest absolute Gasteiger partial charge is 0.289 e. The maximum Gasteiger partial charge on any atom is 0.0567 e. The SMILES string of the molecule is CC1(C)CCCC2N=CC=CC21. The number of aliphatic imine (C=N–C) groups is 1. The molecule has 0 N–H and O–H groups in total. The molecule has 0 amide bonds. The maximum absolute atomic E-state index is 4.54. The topological polar surface area (TPSA) is 12.4 Å².